The standard InChI is InChI=1S/C8H16Si/c1-6-3-4-8(9)5-7(6)2/h8H,3-5H2,1-2,9H3/i9T3. The zero-order valence-corrected chi connectivity index (χ0v) is 7.20. The summed E-state index contributed by atoms with van der Waals surface area (Å²) in [4.78, 5) is 0. The van der Waals surface area contributed by atoms with Crippen molar-refractivity contribution in [3.63, 3.8) is 0 Å². The highest BCUT2D eigenvalue weighted by atomic mass is 28.1. The average Bonchev–Trinajstić information content (AvgIpc) is 1.92. The summed E-state index contributed by atoms with van der Waals surface area (Å²) in [6.45, 7) is 4.19. The van der Waals surface area contributed by atoms with Crippen molar-refractivity contribution < 1.29 is 0 Å². The van der Waals surface area contributed by atoms with Crippen molar-refractivity contribution >= 4 is 10.0 Å². The Hall–Kier alpha value is -0.0431. The summed E-state index contributed by atoms with van der Waals surface area (Å²) in [5, 5.41) is 0. The molecule has 1 atom stereocenters. The molecule has 52 valence electrons. The van der Waals surface area contributed by atoms with Crippen LogP contribution in [-0.2, 0) is 0 Å². The van der Waals surface area contributed by atoms with Crippen molar-refractivity contribution in [2.75, 3.05) is 0 Å². The minimum absolute atomic E-state index is 0.0428. The topological polar surface area (TPSA) is 0 Å². The zero-order valence-electron chi connectivity index (χ0n) is 9.20. The van der Waals surface area contributed by atoms with Gasteiger partial charge in [0, 0.05) is 13.7 Å². The first kappa shape index (κ1) is 3.97. The van der Waals surface area contributed by atoms with Crippen LogP contribution in [0.3, 0.4) is 0 Å². The normalized spacial score (nSPS) is 35.3. The highest BCUT2D eigenvalue weighted by Gasteiger charge is 2.10. The molecule has 0 fully saturated rings. The third-order valence-corrected chi connectivity index (χ3v) is 2.64. The molecule has 0 saturated heterocycles. The summed E-state index contributed by atoms with van der Waals surface area (Å²) < 4.78 is 22.3. The van der Waals surface area contributed by atoms with E-state index in [0.29, 0.717) is 0 Å². The van der Waals surface area contributed by atoms with Gasteiger partial charge in [-0.3, -0.25) is 0 Å². The van der Waals surface area contributed by atoms with E-state index >= 15 is 0 Å². The predicted molar refractivity (Wildman–Crippen MR) is 45.9 cm³/mol. The first-order valence-corrected chi connectivity index (χ1v) is 4.14. The van der Waals surface area contributed by atoms with Gasteiger partial charge in [0.2, 0.25) is 0 Å². The third-order valence-electron chi connectivity index (χ3n) is 2.15. The van der Waals surface area contributed by atoms with Gasteiger partial charge in [0.15, 0.2) is 0 Å². The SMILES string of the molecule is [3H][Si]([3H])([3H])C1CCC(C)=C(C)C1. The van der Waals surface area contributed by atoms with E-state index in [0.717, 1.165) is 19.3 Å². The molecule has 0 saturated carbocycles. The molecule has 1 rings (SSSR count). The predicted octanol–water partition coefficient (Wildman–Crippen LogP) is 1.66. The molecule has 0 nitrogen and oxygen atoms in total. The molecule has 1 unspecified atom stereocenters. The van der Waals surface area contributed by atoms with Gasteiger partial charge in [-0.05, 0) is 33.1 Å². The Balaban J connectivity index is 2.67. The van der Waals surface area contributed by atoms with Gasteiger partial charge in [-0.2, -0.15) is 0 Å². The molecule has 1 aliphatic carbocycles. The van der Waals surface area contributed by atoms with E-state index in [1.165, 1.54) is 11.1 Å². The van der Waals surface area contributed by atoms with Crippen LogP contribution in [0, 0.1) is 0 Å². The van der Waals surface area contributed by atoms with E-state index in [1.807, 2.05) is 0 Å². The molecule has 0 bridgehead atoms. The van der Waals surface area contributed by atoms with E-state index in [2.05, 4.69) is 13.8 Å². The molecule has 0 aromatic heterocycles. The van der Waals surface area contributed by atoms with E-state index in [4.69, 9.17) is 3.70 Å². The fraction of sp³-hybridized carbons (Fsp3) is 0.750. The van der Waals surface area contributed by atoms with Crippen molar-refractivity contribution in [1.82, 2.24) is 0 Å². The second-order valence-electron chi connectivity index (χ2n) is 3.00. The Morgan fingerprint density at radius 3 is 2.89 bits per heavy atom. The average molecular weight is 146 g/mol. The smallest absolute Gasteiger partial charge is 0.00758 e. The lowest BCUT2D eigenvalue weighted by Gasteiger charge is -2.20. The van der Waals surface area contributed by atoms with Crippen LogP contribution in [0.15, 0.2) is 11.1 Å². The van der Waals surface area contributed by atoms with Crippen LogP contribution in [0.1, 0.15) is 33.1 Å². The lowest BCUT2D eigenvalue weighted by Crippen LogP contribution is -2.02. The first-order valence-electron chi connectivity index (χ1n) is 5.06. The fourth-order valence-corrected chi connectivity index (χ4v) is 1.70. The first-order chi connectivity index (χ1) is 5.41. The minimum atomic E-state index is -3.11. The molecular weight excluding hydrogens is 124 g/mol. The molecule has 0 amide bonds. The summed E-state index contributed by atoms with van der Waals surface area (Å²) >= 11 is 0. The highest BCUT2D eigenvalue weighted by Crippen LogP contribution is 2.30. The molecule has 0 spiro atoms. The van der Waals surface area contributed by atoms with Gasteiger partial charge in [-0.15, -0.1) is 0 Å². The Bertz CT molecular complexity index is 205. The van der Waals surface area contributed by atoms with Crippen molar-refractivity contribution in [3.05, 3.63) is 11.1 Å². The molecule has 1 heteroatoms. The van der Waals surface area contributed by atoms with Crippen LogP contribution in [0.4, 0.5) is 0 Å². The van der Waals surface area contributed by atoms with E-state index < -0.39 is 10.0 Å². The van der Waals surface area contributed by atoms with Crippen LogP contribution in [0.25, 0.3) is 0 Å². The number of allylic oxidation sites excluding steroid dienone is 2. The van der Waals surface area contributed by atoms with Gasteiger partial charge < -0.3 is 0 Å². The van der Waals surface area contributed by atoms with Gasteiger partial charge >= 0.3 is 0 Å². The van der Waals surface area contributed by atoms with Crippen LogP contribution in [0.2, 0.25) is 5.54 Å². The second-order valence-corrected chi connectivity index (χ2v) is 3.82. The maximum Gasteiger partial charge on any atom is 0.00758 e. The van der Waals surface area contributed by atoms with Gasteiger partial charge in [-0.1, -0.05) is 16.7 Å². The summed E-state index contributed by atoms with van der Waals surface area (Å²) in [6.07, 6.45) is 2.72. The molecule has 0 aromatic carbocycles. The van der Waals surface area contributed by atoms with Crippen molar-refractivity contribution in [2.45, 2.75) is 38.7 Å². The Morgan fingerprint density at radius 2 is 2.33 bits per heavy atom. The monoisotopic (exact) mass is 146 g/mol. The number of hydrogen-bond acceptors (Lipinski definition) is 0. The molecule has 0 radical (unpaired) electrons. The summed E-state index contributed by atoms with van der Waals surface area (Å²) in [7, 11) is -3.11. The van der Waals surface area contributed by atoms with Crippen molar-refractivity contribution in [3.8, 4) is 0 Å². The fourth-order valence-electron chi connectivity index (χ4n) is 1.25. The largest absolute Gasteiger partial charge is 0.0744 e. The van der Waals surface area contributed by atoms with Crippen LogP contribution < -0.4 is 0 Å². The summed E-state index contributed by atoms with van der Waals surface area (Å²) in [5.41, 5.74) is 2.76. The van der Waals surface area contributed by atoms with Gasteiger partial charge in [0.05, 0.1) is 0 Å². The van der Waals surface area contributed by atoms with Crippen LogP contribution in [-0.4, -0.2) is 13.7 Å². The Labute approximate surface area is 64.4 Å². The van der Waals surface area contributed by atoms with Crippen LogP contribution in [0.5, 0.6) is 0 Å². The van der Waals surface area contributed by atoms with Gasteiger partial charge in [0.25, 0.3) is 0 Å². The summed E-state index contributed by atoms with van der Waals surface area (Å²) in [6, 6.07) is 0. The Kier molecular flexibility index (Phi) is 1.19. The number of hydrogen-bond donors (Lipinski definition) is 0. The van der Waals surface area contributed by atoms with Crippen molar-refractivity contribution in [2.24, 2.45) is 0 Å². The van der Waals surface area contributed by atoms with E-state index in [-0.39, 0.29) is 5.54 Å². The highest BCUT2D eigenvalue weighted by molar-refractivity contribution is 6.11. The Morgan fingerprint density at radius 1 is 1.56 bits per heavy atom. The van der Waals surface area contributed by atoms with E-state index in [1.54, 1.807) is 0 Å². The van der Waals surface area contributed by atoms with Crippen molar-refractivity contribution in [1.29, 1.82) is 3.70 Å². The van der Waals surface area contributed by atoms with Gasteiger partial charge in [0.1, 0.15) is 0 Å². The molecule has 0 aromatic rings. The molecule has 0 aliphatic heterocycles. The number of rotatable bonds is 1. The second kappa shape index (κ2) is 2.69. The minimum Gasteiger partial charge on any atom is -0.0744 e. The van der Waals surface area contributed by atoms with Crippen LogP contribution >= 0.6 is 0 Å². The quantitative estimate of drug-likeness (QED) is 0.390. The molecule has 0 N–H and O–H groups in total. The molecule has 1 aliphatic rings. The van der Waals surface area contributed by atoms with Gasteiger partial charge in [-0.25, -0.2) is 0 Å². The third kappa shape index (κ3) is 1.68. The maximum atomic E-state index is 7.43. The molecule has 0 heterocycles. The summed E-state index contributed by atoms with van der Waals surface area (Å²) in [5.74, 6) is 0. The zero-order chi connectivity index (χ0) is 9.35. The van der Waals surface area contributed by atoms with E-state index in [9.17, 15) is 0 Å². The lowest BCUT2D eigenvalue weighted by atomic mass is 9.93. The molecule has 9 heavy (non-hydrogen) atoms. The lowest BCUT2D eigenvalue weighted by molar-refractivity contribution is 0.671. The maximum absolute atomic E-state index is 7.43. The molecular formula is C8H16Si.